The van der Waals surface area contributed by atoms with Crippen molar-refractivity contribution in [1.29, 1.82) is 0 Å². The number of para-hydroxylation sites is 1. The minimum atomic E-state index is 0.244. The summed E-state index contributed by atoms with van der Waals surface area (Å²) in [6.07, 6.45) is 1.74. The Balaban J connectivity index is 1.59. The van der Waals surface area contributed by atoms with Crippen LogP contribution in [-0.2, 0) is 0 Å². The third-order valence-electron chi connectivity index (χ3n) is 5.22. The van der Waals surface area contributed by atoms with Gasteiger partial charge in [-0.15, -0.1) is 0 Å². The molecule has 0 spiro atoms. The zero-order valence-electron chi connectivity index (χ0n) is 15.8. The van der Waals surface area contributed by atoms with Crippen LogP contribution in [0.2, 0.25) is 0 Å². The van der Waals surface area contributed by atoms with Gasteiger partial charge in [0.25, 0.3) is 0 Å². The Bertz CT molecular complexity index is 1350. The summed E-state index contributed by atoms with van der Waals surface area (Å²) in [6.45, 7) is 0. The van der Waals surface area contributed by atoms with Crippen molar-refractivity contribution in [2.45, 2.75) is 0 Å². The van der Waals surface area contributed by atoms with Gasteiger partial charge in [0.1, 0.15) is 5.75 Å². The molecular weight excluding hydrogens is 354 g/mol. The van der Waals surface area contributed by atoms with E-state index >= 15 is 0 Å². The van der Waals surface area contributed by atoms with Gasteiger partial charge in [0, 0.05) is 22.7 Å². The second kappa shape index (κ2) is 7.25. The number of aliphatic imine (C=N–C) groups is 1. The molecule has 0 aliphatic rings. The van der Waals surface area contributed by atoms with E-state index in [9.17, 15) is 5.11 Å². The minimum Gasteiger partial charge on any atom is -0.507 e. The van der Waals surface area contributed by atoms with E-state index in [-0.39, 0.29) is 5.75 Å². The SMILES string of the molecule is Oc1c(C=Nc2cccc3cc4ccccc4cc23)cccc1-c1ccccc1. The molecule has 1 N–H and O–H groups in total. The number of phenolic OH excluding ortho intramolecular Hbond substituents is 1. The van der Waals surface area contributed by atoms with Crippen LogP contribution in [0.4, 0.5) is 5.69 Å². The molecule has 2 heteroatoms. The zero-order chi connectivity index (χ0) is 19.6. The lowest BCUT2D eigenvalue weighted by molar-refractivity contribution is 0.476. The maximum Gasteiger partial charge on any atom is 0.132 e. The Morgan fingerprint density at radius 1 is 0.621 bits per heavy atom. The van der Waals surface area contributed by atoms with Crippen LogP contribution in [0, 0.1) is 0 Å². The molecule has 0 unspecified atom stereocenters. The summed E-state index contributed by atoms with van der Waals surface area (Å²) in [4.78, 5) is 4.72. The topological polar surface area (TPSA) is 32.6 Å². The van der Waals surface area contributed by atoms with Gasteiger partial charge in [0.2, 0.25) is 0 Å². The van der Waals surface area contributed by atoms with Crippen molar-refractivity contribution in [2.75, 3.05) is 0 Å². The van der Waals surface area contributed by atoms with Crippen molar-refractivity contribution in [1.82, 2.24) is 0 Å². The van der Waals surface area contributed by atoms with Crippen molar-refractivity contribution in [2.24, 2.45) is 4.99 Å². The normalized spacial score (nSPS) is 11.4. The summed E-state index contributed by atoms with van der Waals surface area (Å²) >= 11 is 0. The van der Waals surface area contributed by atoms with Crippen molar-refractivity contribution in [3.05, 3.63) is 109 Å². The van der Waals surface area contributed by atoms with Crippen LogP contribution < -0.4 is 0 Å². The van der Waals surface area contributed by atoms with Crippen LogP contribution in [0.25, 0.3) is 32.7 Å². The highest BCUT2D eigenvalue weighted by Crippen LogP contribution is 2.33. The fourth-order valence-electron chi connectivity index (χ4n) is 3.72. The van der Waals surface area contributed by atoms with E-state index in [1.165, 1.54) is 10.8 Å². The molecule has 0 saturated carbocycles. The van der Waals surface area contributed by atoms with E-state index in [1.807, 2.05) is 66.7 Å². The molecule has 0 aliphatic carbocycles. The lowest BCUT2D eigenvalue weighted by Crippen LogP contribution is -1.86. The predicted octanol–water partition coefficient (Wildman–Crippen LogP) is 7.12. The van der Waals surface area contributed by atoms with Gasteiger partial charge in [-0.05, 0) is 46.0 Å². The molecule has 0 saturated heterocycles. The van der Waals surface area contributed by atoms with Gasteiger partial charge in [-0.25, -0.2) is 0 Å². The summed E-state index contributed by atoms with van der Waals surface area (Å²) in [5.41, 5.74) is 3.37. The smallest absolute Gasteiger partial charge is 0.132 e. The Hall–Kier alpha value is -3.91. The standard InChI is InChI=1S/C27H19NO/c29-27-23(13-6-14-24(27)19-8-2-1-3-9-19)18-28-26-15-7-12-22-16-20-10-4-5-11-21(20)17-25(22)26/h1-18,29H. The minimum absolute atomic E-state index is 0.244. The van der Waals surface area contributed by atoms with E-state index in [0.717, 1.165) is 27.6 Å². The van der Waals surface area contributed by atoms with Crippen molar-refractivity contribution in [3.63, 3.8) is 0 Å². The molecule has 138 valence electrons. The van der Waals surface area contributed by atoms with Gasteiger partial charge in [0.15, 0.2) is 0 Å². The molecule has 0 heterocycles. The van der Waals surface area contributed by atoms with Crippen LogP contribution >= 0.6 is 0 Å². The molecule has 0 bridgehead atoms. The van der Waals surface area contributed by atoms with E-state index in [4.69, 9.17) is 4.99 Å². The second-order valence-corrected chi connectivity index (χ2v) is 7.07. The molecule has 29 heavy (non-hydrogen) atoms. The Morgan fingerprint density at radius 3 is 2.14 bits per heavy atom. The average Bonchev–Trinajstić information content (AvgIpc) is 2.77. The molecule has 0 amide bonds. The monoisotopic (exact) mass is 373 g/mol. The van der Waals surface area contributed by atoms with Gasteiger partial charge < -0.3 is 5.11 Å². The maximum atomic E-state index is 10.8. The number of hydrogen-bond donors (Lipinski definition) is 1. The molecule has 0 aromatic heterocycles. The molecule has 2 nitrogen and oxygen atoms in total. The van der Waals surface area contributed by atoms with Crippen molar-refractivity contribution < 1.29 is 5.11 Å². The van der Waals surface area contributed by atoms with Gasteiger partial charge in [-0.1, -0.05) is 78.9 Å². The van der Waals surface area contributed by atoms with Crippen molar-refractivity contribution >= 4 is 33.4 Å². The molecule has 0 fully saturated rings. The van der Waals surface area contributed by atoms with E-state index in [2.05, 4.69) is 36.4 Å². The van der Waals surface area contributed by atoms with Gasteiger partial charge in [-0.2, -0.15) is 0 Å². The first-order valence-corrected chi connectivity index (χ1v) is 9.62. The number of aromatic hydroxyl groups is 1. The number of fused-ring (bicyclic) bond motifs is 2. The van der Waals surface area contributed by atoms with Crippen molar-refractivity contribution in [3.8, 4) is 16.9 Å². The summed E-state index contributed by atoms with van der Waals surface area (Å²) in [7, 11) is 0. The highest BCUT2D eigenvalue weighted by atomic mass is 16.3. The van der Waals surface area contributed by atoms with Crippen LogP contribution in [0.5, 0.6) is 5.75 Å². The predicted molar refractivity (Wildman–Crippen MR) is 122 cm³/mol. The summed E-state index contributed by atoms with van der Waals surface area (Å²) < 4.78 is 0. The number of rotatable bonds is 3. The van der Waals surface area contributed by atoms with E-state index in [0.29, 0.717) is 5.56 Å². The first-order chi connectivity index (χ1) is 14.3. The highest BCUT2D eigenvalue weighted by molar-refractivity contribution is 6.04. The summed E-state index contributed by atoms with van der Waals surface area (Å²) in [6, 6.07) is 34.5. The zero-order valence-corrected chi connectivity index (χ0v) is 15.8. The van der Waals surface area contributed by atoms with E-state index < -0.39 is 0 Å². The third kappa shape index (κ3) is 3.26. The Labute approximate surface area is 169 Å². The number of phenols is 1. The van der Waals surface area contributed by atoms with Crippen LogP contribution in [0.15, 0.2) is 108 Å². The number of nitrogens with zero attached hydrogens (tertiary/aromatic N) is 1. The first-order valence-electron chi connectivity index (χ1n) is 9.62. The Morgan fingerprint density at radius 2 is 1.31 bits per heavy atom. The van der Waals surface area contributed by atoms with Crippen LogP contribution in [-0.4, -0.2) is 11.3 Å². The highest BCUT2D eigenvalue weighted by Gasteiger charge is 2.08. The summed E-state index contributed by atoms with van der Waals surface area (Å²) in [5.74, 6) is 0.244. The molecule has 0 aliphatic heterocycles. The fourth-order valence-corrected chi connectivity index (χ4v) is 3.72. The van der Waals surface area contributed by atoms with Gasteiger partial charge in [0.05, 0.1) is 5.69 Å². The van der Waals surface area contributed by atoms with Gasteiger partial charge >= 0.3 is 0 Å². The van der Waals surface area contributed by atoms with Crippen LogP contribution in [0.3, 0.4) is 0 Å². The lowest BCUT2D eigenvalue weighted by atomic mass is 10.0. The maximum absolute atomic E-state index is 10.8. The number of benzene rings is 5. The molecule has 0 atom stereocenters. The first kappa shape index (κ1) is 17.2. The molecule has 5 aromatic rings. The van der Waals surface area contributed by atoms with E-state index in [1.54, 1.807) is 6.21 Å². The number of hydrogen-bond acceptors (Lipinski definition) is 2. The summed E-state index contributed by atoms with van der Waals surface area (Å²) in [5, 5.41) is 15.4. The quantitative estimate of drug-likeness (QED) is 0.265. The lowest BCUT2D eigenvalue weighted by Gasteiger charge is -2.08. The fraction of sp³-hybridized carbons (Fsp3) is 0. The van der Waals surface area contributed by atoms with Crippen LogP contribution in [0.1, 0.15) is 5.56 Å². The molecule has 5 aromatic carbocycles. The molecule has 5 rings (SSSR count). The molecule has 0 radical (unpaired) electrons. The molecular formula is C27H19NO. The average molecular weight is 373 g/mol. The largest absolute Gasteiger partial charge is 0.507 e. The van der Waals surface area contributed by atoms with Gasteiger partial charge in [-0.3, -0.25) is 4.99 Å². The Kier molecular flexibility index (Phi) is 4.30. The third-order valence-corrected chi connectivity index (χ3v) is 5.22. The second-order valence-electron chi connectivity index (χ2n) is 7.07.